The van der Waals surface area contributed by atoms with Crippen molar-refractivity contribution in [3.8, 4) is 0 Å². The molecule has 1 N–H and O–H groups in total. The van der Waals surface area contributed by atoms with Crippen molar-refractivity contribution in [1.29, 1.82) is 0 Å². The molecule has 0 saturated carbocycles. The Bertz CT molecular complexity index is 937. The summed E-state index contributed by atoms with van der Waals surface area (Å²) in [4.78, 5) is 23.2. The Morgan fingerprint density at radius 2 is 1.88 bits per heavy atom. The van der Waals surface area contributed by atoms with Crippen LogP contribution in [0.3, 0.4) is 0 Å². The van der Waals surface area contributed by atoms with Gasteiger partial charge in [-0.25, -0.2) is 9.97 Å². The molecule has 26 heavy (non-hydrogen) atoms. The smallest absolute Gasteiger partial charge is 0.274 e. The molecule has 1 aliphatic rings. The van der Waals surface area contributed by atoms with Gasteiger partial charge in [-0.15, -0.1) is 0 Å². The minimum absolute atomic E-state index is 0.0749. The molecule has 1 aliphatic heterocycles. The van der Waals surface area contributed by atoms with Gasteiger partial charge in [0.15, 0.2) is 0 Å². The van der Waals surface area contributed by atoms with Crippen LogP contribution in [0.2, 0.25) is 0 Å². The maximum atomic E-state index is 12.7. The Morgan fingerprint density at radius 3 is 2.65 bits per heavy atom. The van der Waals surface area contributed by atoms with E-state index >= 15 is 0 Å². The Morgan fingerprint density at radius 1 is 1.04 bits per heavy atom. The summed E-state index contributed by atoms with van der Waals surface area (Å²) in [6.45, 7) is 3.37. The lowest BCUT2D eigenvalue weighted by atomic mass is 10.00. The van der Waals surface area contributed by atoms with Gasteiger partial charge in [0, 0.05) is 18.8 Å². The van der Waals surface area contributed by atoms with E-state index in [9.17, 15) is 4.79 Å². The van der Waals surface area contributed by atoms with Gasteiger partial charge >= 0.3 is 0 Å². The molecule has 0 spiro atoms. The number of benzene rings is 2. The van der Waals surface area contributed by atoms with Crippen molar-refractivity contribution in [2.24, 2.45) is 0 Å². The number of amides is 1. The highest BCUT2D eigenvalue weighted by atomic mass is 16.2. The number of aryl methyl sites for hydroxylation is 1. The van der Waals surface area contributed by atoms with Gasteiger partial charge < -0.3 is 10.2 Å². The zero-order valence-corrected chi connectivity index (χ0v) is 14.6. The number of carbonyl (C=O) groups is 1. The van der Waals surface area contributed by atoms with Gasteiger partial charge in [0.25, 0.3) is 5.91 Å². The summed E-state index contributed by atoms with van der Waals surface area (Å²) in [5.41, 5.74) is 5.02. The number of fused-ring (bicyclic) bond motifs is 1. The van der Waals surface area contributed by atoms with Gasteiger partial charge in [0.1, 0.15) is 11.5 Å². The van der Waals surface area contributed by atoms with E-state index in [0.29, 0.717) is 24.6 Å². The highest BCUT2D eigenvalue weighted by Gasteiger charge is 2.22. The van der Waals surface area contributed by atoms with E-state index in [-0.39, 0.29) is 5.91 Å². The third kappa shape index (κ3) is 3.42. The fraction of sp³-hybridized carbons (Fsp3) is 0.190. The third-order valence-corrected chi connectivity index (χ3v) is 4.58. The van der Waals surface area contributed by atoms with Crippen LogP contribution in [0.15, 0.2) is 60.9 Å². The highest BCUT2D eigenvalue weighted by Crippen LogP contribution is 2.20. The second-order valence-electron chi connectivity index (χ2n) is 6.53. The molecular weight excluding hydrogens is 324 g/mol. The largest absolute Gasteiger partial charge is 0.339 e. The minimum Gasteiger partial charge on any atom is -0.339 e. The SMILES string of the molecule is Cc1cccc(Nc2cnc(C(=O)N3CCc4ccccc4C3)cn2)c1. The lowest BCUT2D eigenvalue weighted by Gasteiger charge is -2.28. The number of rotatable bonds is 3. The number of anilines is 2. The first-order valence-electron chi connectivity index (χ1n) is 8.71. The van der Waals surface area contributed by atoms with E-state index in [1.807, 2.05) is 48.2 Å². The van der Waals surface area contributed by atoms with Gasteiger partial charge in [0.2, 0.25) is 0 Å². The van der Waals surface area contributed by atoms with Crippen LogP contribution in [0, 0.1) is 6.92 Å². The van der Waals surface area contributed by atoms with Crippen LogP contribution in [-0.4, -0.2) is 27.3 Å². The van der Waals surface area contributed by atoms with Gasteiger partial charge in [-0.2, -0.15) is 0 Å². The third-order valence-electron chi connectivity index (χ3n) is 4.58. The van der Waals surface area contributed by atoms with E-state index in [1.165, 1.54) is 16.7 Å². The molecule has 3 aromatic rings. The number of hydrogen-bond donors (Lipinski definition) is 1. The summed E-state index contributed by atoms with van der Waals surface area (Å²) in [7, 11) is 0. The van der Waals surface area contributed by atoms with Crippen LogP contribution in [0.25, 0.3) is 0 Å². The van der Waals surface area contributed by atoms with Crippen molar-refractivity contribution >= 4 is 17.4 Å². The van der Waals surface area contributed by atoms with Crippen LogP contribution in [-0.2, 0) is 13.0 Å². The molecule has 2 aromatic carbocycles. The molecule has 4 rings (SSSR count). The highest BCUT2D eigenvalue weighted by molar-refractivity contribution is 5.92. The number of nitrogens with zero attached hydrogens (tertiary/aromatic N) is 3. The Labute approximate surface area is 152 Å². The summed E-state index contributed by atoms with van der Waals surface area (Å²) in [5, 5.41) is 3.20. The Kier molecular flexibility index (Phi) is 4.35. The standard InChI is InChI=1S/C21H20N4O/c1-15-5-4-8-18(11-15)24-20-13-22-19(12-23-20)21(26)25-10-9-16-6-2-3-7-17(16)14-25/h2-8,11-13H,9-10,14H2,1H3,(H,23,24). The van der Waals surface area contributed by atoms with Crippen LogP contribution in [0.5, 0.6) is 0 Å². The van der Waals surface area contributed by atoms with Gasteiger partial charge in [-0.05, 0) is 42.2 Å². The summed E-state index contributed by atoms with van der Waals surface area (Å²) in [5.74, 6) is 0.547. The average Bonchev–Trinajstić information content (AvgIpc) is 2.68. The first kappa shape index (κ1) is 16.3. The fourth-order valence-electron chi connectivity index (χ4n) is 3.20. The number of carbonyl (C=O) groups excluding carboxylic acids is 1. The summed E-state index contributed by atoms with van der Waals surface area (Å²) >= 11 is 0. The quantitative estimate of drug-likeness (QED) is 0.786. The molecule has 130 valence electrons. The molecule has 0 unspecified atom stereocenters. The summed E-state index contributed by atoms with van der Waals surface area (Å²) in [6.07, 6.45) is 4.02. The fourth-order valence-corrected chi connectivity index (χ4v) is 3.20. The lowest BCUT2D eigenvalue weighted by Crippen LogP contribution is -2.36. The second-order valence-corrected chi connectivity index (χ2v) is 6.53. The molecule has 0 atom stereocenters. The molecule has 0 bridgehead atoms. The number of nitrogens with one attached hydrogen (secondary N) is 1. The summed E-state index contributed by atoms with van der Waals surface area (Å²) in [6, 6.07) is 16.3. The average molecular weight is 344 g/mol. The van der Waals surface area contributed by atoms with Gasteiger partial charge in [0.05, 0.1) is 12.4 Å². The van der Waals surface area contributed by atoms with Gasteiger partial charge in [-0.3, -0.25) is 4.79 Å². The zero-order valence-electron chi connectivity index (χ0n) is 14.6. The molecule has 2 heterocycles. The topological polar surface area (TPSA) is 58.1 Å². The normalized spacial score (nSPS) is 13.2. The molecular formula is C21H20N4O. The van der Waals surface area contributed by atoms with E-state index in [0.717, 1.165) is 12.1 Å². The van der Waals surface area contributed by atoms with Crippen molar-refractivity contribution in [3.63, 3.8) is 0 Å². The molecule has 0 fully saturated rings. The van der Waals surface area contributed by atoms with Crippen LogP contribution < -0.4 is 5.32 Å². The molecule has 1 aromatic heterocycles. The number of hydrogen-bond acceptors (Lipinski definition) is 4. The molecule has 5 nitrogen and oxygen atoms in total. The van der Waals surface area contributed by atoms with Crippen molar-refractivity contribution in [1.82, 2.24) is 14.9 Å². The zero-order chi connectivity index (χ0) is 17.9. The second kappa shape index (κ2) is 6.96. The van der Waals surface area contributed by atoms with E-state index in [4.69, 9.17) is 0 Å². The van der Waals surface area contributed by atoms with Crippen molar-refractivity contribution in [3.05, 3.63) is 83.3 Å². The maximum Gasteiger partial charge on any atom is 0.274 e. The first-order chi connectivity index (χ1) is 12.7. The first-order valence-corrected chi connectivity index (χ1v) is 8.71. The van der Waals surface area contributed by atoms with Crippen molar-refractivity contribution in [2.75, 3.05) is 11.9 Å². The number of aromatic nitrogens is 2. The maximum absolute atomic E-state index is 12.7. The molecule has 0 saturated heterocycles. The predicted octanol–water partition coefficient (Wildman–Crippen LogP) is 3.73. The van der Waals surface area contributed by atoms with Crippen LogP contribution >= 0.6 is 0 Å². The molecule has 0 radical (unpaired) electrons. The Balaban J connectivity index is 1.46. The van der Waals surface area contributed by atoms with E-state index < -0.39 is 0 Å². The molecule has 0 aliphatic carbocycles. The Hall–Kier alpha value is -3.21. The van der Waals surface area contributed by atoms with Gasteiger partial charge in [-0.1, -0.05) is 36.4 Å². The van der Waals surface area contributed by atoms with E-state index in [1.54, 1.807) is 12.4 Å². The minimum atomic E-state index is -0.0749. The van der Waals surface area contributed by atoms with Crippen LogP contribution in [0.1, 0.15) is 27.2 Å². The van der Waals surface area contributed by atoms with E-state index in [2.05, 4.69) is 27.4 Å². The monoisotopic (exact) mass is 344 g/mol. The van der Waals surface area contributed by atoms with Crippen molar-refractivity contribution in [2.45, 2.75) is 19.9 Å². The molecule has 1 amide bonds. The van der Waals surface area contributed by atoms with Crippen molar-refractivity contribution < 1.29 is 4.79 Å². The molecule has 5 heteroatoms. The predicted molar refractivity (Wildman–Crippen MR) is 101 cm³/mol. The van der Waals surface area contributed by atoms with Crippen LogP contribution in [0.4, 0.5) is 11.5 Å². The lowest BCUT2D eigenvalue weighted by molar-refractivity contribution is 0.0728. The summed E-state index contributed by atoms with van der Waals surface area (Å²) < 4.78 is 0.